The molecule has 2 atom stereocenters. The molecular formula is C14H16N4OS. The van der Waals surface area contributed by atoms with Crippen molar-refractivity contribution >= 4 is 16.9 Å². The topological polar surface area (TPSA) is 77.3 Å². The van der Waals surface area contributed by atoms with Gasteiger partial charge in [0.1, 0.15) is 6.04 Å². The Labute approximate surface area is 121 Å². The Morgan fingerprint density at radius 3 is 2.70 bits per heavy atom. The standard InChI is InChI=1S/C14H16N4OS/c1-8(2)11-10(16-14(15)20-11)13-17-12(18-19-13)9-6-4-3-5-7-9/h3-8,10-11H,1-2H3,(H2,15,16). The van der Waals surface area contributed by atoms with E-state index in [9.17, 15) is 0 Å². The number of hydrogen-bond acceptors (Lipinski definition) is 6. The molecule has 6 heteroatoms. The largest absolute Gasteiger partial charge is 0.379 e. The molecule has 2 unspecified atom stereocenters. The van der Waals surface area contributed by atoms with Crippen molar-refractivity contribution in [1.29, 1.82) is 0 Å². The van der Waals surface area contributed by atoms with Crippen LogP contribution in [0, 0.1) is 5.92 Å². The molecule has 0 radical (unpaired) electrons. The zero-order chi connectivity index (χ0) is 14.1. The fourth-order valence-electron chi connectivity index (χ4n) is 2.20. The van der Waals surface area contributed by atoms with Gasteiger partial charge in [-0.05, 0) is 5.92 Å². The van der Waals surface area contributed by atoms with Gasteiger partial charge in [0.25, 0.3) is 5.89 Å². The van der Waals surface area contributed by atoms with Crippen molar-refractivity contribution in [2.75, 3.05) is 0 Å². The second-order valence-electron chi connectivity index (χ2n) is 5.06. The second-order valence-corrected chi connectivity index (χ2v) is 6.26. The summed E-state index contributed by atoms with van der Waals surface area (Å²) in [6.07, 6.45) is 0. The van der Waals surface area contributed by atoms with Crippen LogP contribution in [-0.2, 0) is 0 Å². The van der Waals surface area contributed by atoms with Crippen molar-refractivity contribution < 1.29 is 4.52 Å². The lowest BCUT2D eigenvalue weighted by Crippen LogP contribution is -2.17. The molecule has 0 saturated carbocycles. The molecule has 2 N–H and O–H groups in total. The smallest absolute Gasteiger partial charge is 0.253 e. The van der Waals surface area contributed by atoms with E-state index < -0.39 is 0 Å². The summed E-state index contributed by atoms with van der Waals surface area (Å²) >= 11 is 1.58. The predicted octanol–water partition coefficient (Wildman–Crippen LogP) is 2.86. The summed E-state index contributed by atoms with van der Waals surface area (Å²) in [6.45, 7) is 4.29. The summed E-state index contributed by atoms with van der Waals surface area (Å²) in [5.41, 5.74) is 6.77. The first-order valence-corrected chi connectivity index (χ1v) is 7.42. The number of rotatable bonds is 3. The summed E-state index contributed by atoms with van der Waals surface area (Å²) in [5.74, 6) is 1.56. The van der Waals surface area contributed by atoms with Gasteiger partial charge in [0.2, 0.25) is 5.82 Å². The zero-order valence-electron chi connectivity index (χ0n) is 11.4. The first-order valence-electron chi connectivity index (χ1n) is 6.54. The van der Waals surface area contributed by atoms with E-state index in [0.29, 0.717) is 22.8 Å². The number of thioether (sulfide) groups is 1. The van der Waals surface area contributed by atoms with Crippen molar-refractivity contribution in [2.45, 2.75) is 25.1 Å². The van der Waals surface area contributed by atoms with Gasteiger partial charge in [-0.2, -0.15) is 4.98 Å². The number of aromatic nitrogens is 2. The Morgan fingerprint density at radius 2 is 2.00 bits per heavy atom. The molecule has 3 rings (SSSR count). The predicted molar refractivity (Wildman–Crippen MR) is 80.3 cm³/mol. The lowest BCUT2D eigenvalue weighted by molar-refractivity contribution is 0.343. The highest BCUT2D eigenvalue weighted by atomic mass is 32.2. The highest BCUT2D eigenvalue weighted by molar-refractivity contribution is 8.14. The molecular weight excluding hydrogens is 272 g/mol. The van der Waals surface area contributed by atoms with Crippen LogP contribution in [0.5, 0.6) is 0 Å². The molecule has 2 heterocycles. The first-order chi connectivity index (χ1) is 9.65. The summed E-state index contributed by atoms with van der Waals surface area (Å²) in [4.78, 5) is 8.91. The van der Waals surface area contributed by atoms with Crippen LogP contribution in [0.25, 0.3) is 11.4 Å². The van der Waals surface area contributed by atoms with Crippen LogP contribution in [0.3, 0.4) is 0 Å². The molecule has 1 aliphatic heterocycles. The van der Waals surface area contributed by atoms with Crippen molar-refractivity contribution in [3.63, 3.8) is 0 Å². The van der Waals surface area contributed by atoms with Gasteiger partial charge in [0.15, 0.2) is 5.17 Å². The van der Waals surface area contributed by atoms with Gasteiger partial charge < -0.3 is 10.3 Å². The minimum absolute atomic E-state index is 0.148. The molecule has 20 heavy (non-hydrogen) atoms. The Morgan fingerprint density at radius 1 is 1.25 bits per heavy atom. The monoisotopic (exact) mass is 288 g/mol. The van der Waals surface area contributed by atoms with Gasteiger partial charge in [-0.1, -0.05) is 61.1 Å². The number of nitrogens with zero attached hydrogens (tertiary/aromatic N) is 3. The van der Waals surface area contributed by atoms with Crippen LogP contribution in [0.2, 0.25) is 0 Å². The Kier molecular flexibility index (Phi) is 3.48. The van der Waals surface area contributed by atoms with Crippen LogP contribution in [0.1, 0.15) is 25.8 Å². The van der Waals surface area contributed by atoms with E-state index in [1.54, 1.807) is 11.8 Å². The maximum atomic E-state index is 5.83. The van der Waals surface area contributed by atoms with Gasteiger partial charge in [-0.3, -0.25) is 0 Å². The van der Waals surface area contributed by atoms with Crippen LogP contribution in [0.4, 0.5) is 0 Å². The third-order valence-electron chi connectivity index (χ3n) is 3.22. The van der Waals surface area contributed by atoms with Gasteiger partial charge >= 0.3 is 0 Å². The second kappa shape index (κ2) is 5.28. The SMILES string of the molecule is CC(C)C1SC(N)=NC1c1nc(-c2ccccc2)no1. The molecule has 1 aromatic carbocycles. The molecule has 2 aromatic rings. The summed E-state index contributed by atoms with van der Waals surface area (Å²) < 4.78 is 5.39. The first kappa shape index (κ1) is 13.2. The van der Waals surface area contributed by atoms with E-state index >= 15 is 0 Å². The van der Waals surface area contributed by atoms with Gasteiger partial charge in [-0.25, -0.2) is 4.99 Å². The summed E-state index contributed by atoms with van der Waals surface area (Å²) in [6, 6.07) is 9.61. The van der Waals surface area contributed by atoms with E-state index in [2.05, 4.69) is 29.0 Å². The number of aliphatic imine (C=N–C) groups is 1. The molecule has 0 aliphatic carbocycles. The molecule has 0 saturated heterocycles. The maximum absolute atomic E-state index is 5.83. The average molecular weight is 288 g/mol. The molecule has 0 bridgehead atoms. The van der Waals surface area contributed by atoms with Crippen molar-refractivity contribution in [3.8, 4) is 11.4 Å². The molecule has 1 aliphatic rings. The minimum atomic E-state index is -0.148. The van der Waals surface area contributed by atoms with Crippen LogP contribution >= 0.6 is 11.8 Å². The lowest BCUT2D eigenvalue weighted by Gasteiger charge is -2.16. The van der Waals surface area contributed by atoms with E-state index in [4.69, 9.17) is 10.3 Å². The van der Waals surface area contributed by atoms with Crippen molar-refractivity contribution in [2.24, 2.45) is 16.6 Å². The number of benzene rings is 1. The van der Waals surface area contributed by atoms with Crippen LogP contribution < -0.4 is 5.73 Å². The molecule has 0 amide bonds. The quantitative estimate of drug-likeness (QED) is 0.939. The van der Waals surface area contributed by atoms with Crippen LogP contribution in [-0.4, -0.2) is 20.6 Å². The maximum Gasteiger partial charge on any atom is 0.253 e. The average Bonchev–Trinajstić information content (AvgIpc) is 3.06. The van der Waals surface area contributed by atoms with Gasteiger partial charge in [0, 0.05) is 10.8 Å². The minimum Gasteiger partial charge on any atom is -0.379 e. The fourth-order valence-corrected chi connectivity index (χ4v) is 3.23. The van der Waals surface area contributed by atoms with E-state index in [0.717, 1.165) is 5.56 Å². The highest BCUT2D eigenvalue weighted by Gasteiger charge is 2.36. The Hall–Kier alpha value is -1.82. The number of hydrogen-bond donors (Lipinski definition) is 1. The summed E-state index contributed by atoms with van der Waals surface area (Å²) in [5, 5.41) is 4.88. The zero-order valence-corrected chi connectivity index (χ0v) is 12.2. The molecule has 5 nitrogen and oxygen atoms in total. The molecule has 0 fully saturated rings. The third kappa shape index (κ3) is 2.43. The number of nitrogens with two attached hydrogens (primary N) is 1. The van der Waals surface area contributed by atoms with Gasteiger partial charge in [-0.15, -0.1) is 0 Å². The Balaban J connectivity index is 1.90. The molecule has 1 aromatic heterocycles. The van der Waals surface area contributed by atoms with Gasteiger partial charge in [0.05, 0.1) is 0 Å². The highest BCUT2D eigenvalue weighted by Crippen LogP contribution is 2.40. The number of amidine groups is 1. The van der Waals surface area contributed by atoms with Crippen LogP contribution in [0.15, 0.2) is 39.8 Å². The fraction of sp³-hybridized carbons (Fsp3) is 0.357. The lowest BCUT2D eigenvalue weighted by atomic mass is 10.0. The summed E-state index contributed by atoms with van der Waals surface area (Å²) in [7, 11) is 0. The molecule has 0 spiro atoms. The van der Waals surface area contributed by atoms with E-state index in [1.807, 2.05) is 30.3 Å². The third-order valence-corrected chi connectivity index (χ3v) is 4.64. The van der Waals surface area contributed by atoms with E-state index in [1.165, 1.54) is 0 Å². The van der Waals surface area contributed by atoms with Crippen molar-refractivity contribution in [3.05, 3.63) is 36.2 Å². The Bertz CT molecular complexity index is 623. The van der Waals surface area contributed by atoms with E-state index in [-0.39, 0.29) is 11.3 Å². The normalized spacial score (nSPS) is 22.2. The molecule has 104 valence electrons. The van der Waals surface area contributed by atoms with Crippen molar-refractivity contribution in [1.82, 2.24) is 10.1 Å².